The van der Waals surface area contributed by atoms with Crippen LogP contribution in [0.25, 0.3) is 0 Å². The fraction of sp³-hybridized carbons (Fsp3) is 0.389. The molecule has 0 unspecified atom stereocenters. The number of hydrogen-bond donors (Lipinski definition) is 0. The quantitative estimate of drug-likeness (QED) is 0.851. The molecule has 1 aromatic carbocycles. The Morgan fingerprint density at radius 2 is 2.04 bits per heavy atom. The molecule has 1 aliphatic heterocycles. The topological polar surface area (TPSA) is 55.3 Å². The lowest BCUT2D eigenvalue weighted by atomic mass is 10.1. The number of carbonyl (C=O) groups is 1. The molecule has 23 heavy (non-hydrogen) atoms. The van der Waals surface area contributed by atoms with Crippen molar-refractivity contribution < 1.29 is 9.53 Å². The van der Waals surface area contributed by atoms with Gasteiger partial charge in [0.15, 0.2) is 0 Å². The highest BCUT2D eigenvalue weighted by Gasteiger charge is 2.27. The molecule has 1 atom stereocenters. The first kappa shape index (κ1) is 15.5. The number of ether oxygens (including phenoxy) is 1. The summed E-state index contributed by atoms with van der Waals surface area (Å²) in [5, 5.41) is 7.99. The fourth-order valence-electron chi connectivity index (χ4n) is 2.73. The second-order valence-electron chi connectivity index (χ2n) is 5.87. The van der Waals surface area contributed by atoms with Crippen LogP contribution in [0.3, 0.4) is 0 Å². The van der Waals surface area contributed by atoms with E-state index in [1.165, 1.54) is 5.56 Å². The fourth-order valence-corrected chi connectivity index (χ4v) is 2.73. The summed E-state index contributed by atoms with van der Waals surface area (Å²) in [5.41, 5.74) is 2.06. The molecule has 0 aliphatic carbocycles. The van der Waals surface area contributed by atoms with Gasteiger partial charge in [0, 0.05) is 25.5 Å². The number of aryl methyl sites for hydroxylation is 2. The van der Waals surface area contributed by atoms with E-state index < -0.39 is 0 Å². The van der Waals surface area contributed by atoms with E-state index in [1.54, 1.807) is 0 Å². The van der Waals surface area contributed by atoms with Gasteiger partial charge in [-0.2, -0.15) is 5.10 Å². The summed E-state index contributed by atoms with van der Waals surface area (Å²) in [5.74, 6) is 0.717. The summed E-state index contributed by atoms with van der Waals surface area (Å²) in [4.78, 5) is 14.2. The third-order valence-corrected chi connectivity index (χ3v) is 4.03. The molecule has 5 heteroatoms. The van der Waals surface area contributed by atoms with Crippen LogP contribution >= 0.6 is 0 Å². The van der Waals surface area contributed by atoms with Crippen molar-refractivity contribution in [2.24, 2.45) is 0 Å². The van der Waals surface area contributed by atoms with Crippen LogP contribution in [0, 0.1) is 6.92 Å². The first-order valence-electron chi connectivity index (χ1n) is 7.99. The maximum atomic E-state index is 12.3. The van der Waals surface area contributed by atoms with Gasteiger partial charge in [-0.15, -0.1) is 5.10 Å². The lowest BCUT2D eigenvalue weighted by molar-refractivity contribution is -0.130. The van der Waals surface area contributed by atoms with Crippen molar-refractivity contribution in [3.63, 3.8) is 0 Å². The molecule has 0 bridgehead atoms. The normalized spacial score (nSPS) is 17.3. The van der Waals surface area contributed by atoms with Crippen LogP contribution in [0.5, 0.6) is 5.88 Å². The number of carbonyl (C=O) groups excluding carboxylic acids is 1. The van der Waals surface area contributed by atoms with Gasteiger partial charge in [0.05, 0.1) is 12.2 Å². The third kappa shape index (κ3) is 4.28. The van der Waals surface area contributed by atoms with Gasteiger partial charge in [-0.25, -0.2) is 0 Å². The summed E-state index contributed by atoms with van der Waals surface area (Å²) in [6.45, 7) is 3.26. The Morgan fingerprint density at radius 3 is 2.78 bits per heavy atom. The SMILES string of the molecule is Cc1ccc(O[C@H]2CCN(C(=O)CCc3ccccc3)C2)nn1. The maximum Gasteiger partial charge on any atom is 0.233 e. The highest BCUT2D eigenvalue weighted by molar-refractivity contribution is 5.76. The summed E-state index contributed by atoms with van der Waals surface area (Å²) < 4.78 is 5.81. The van der Waals surface area contributed by atoms with Gasteiger partial charge >= 0.3 is 0 Å². The molecule has 1 fully saturated rings. The Morgan fingerprint density at radius 1 is 1.22 bits per heavy atom. The van der Waals surface area contributed by atoms with E-state index in [1.807, 2.05) is 42.2 Å². The molecule has 2 heterocycles. The molecule has 5 nitrogen and oxygen atoms in total. The predicted octanol–water partition coefficient (Wildman–Crippen LogP) is 2.40. The minimum atomic E-state index is 0.00711. The van der Waals surface area contributed by atoms with Gasteiger partial charge in [-0.1, -0.05) is 30.3 Å². The Labute approximate surface area is 136 Å². The number of likely N-dealkylation sites (tertiary alicyclic amines) is 1. The number of hydrogen-bond acceptors (Lipinski definition) is 4. The number of rotatable bonds is 5. The summed E-state index contributed by atoms with van der Waals surface area (Å²) in [7, 11) is 0. The predicted molar refractivity (Wildman–Crippen MR) is 87.1 cm³/mol. The van der Waals surface area contributed by atoms with E-state index in [2.05, 4.69) is 22.3 Å². The van der Waals surface area contributed by atoms with Crippen molar-refractivity contribution >= 4 is 5.91 Å². The van der Waals surface area contributed by atoms with Crippen molar-refractivity contribution in [1.82, 2.24) is 15.1 Å². The molecule has 1 aromatic heterocycles. The minimum Gasteiger partial charge on any atom is -0.471 e. The van der Waals surface area contributed by atoms with E-state index in [0.717, 1.165) is 25.1 Å². The third-order valence-electron chi connectivity index (χ3n) is 4.03. The zero-order chi connectivity index (χ0) is 16.1. The van der Waals surface area contributed by atoms with Gasteiger partial charge in [0.2, 0.25) is 11.8 Å². The highest BCUT2D eigenvalue weighted by atomic mass is 16.5. The molecule has 1 aliphatic rings. The van der Waals surface area contributed by atoms with Crippen molar-refractivity contribution in [3.8, 4) is 5.88 Å². The number of amides is 1. The summed E-state index contributed by atoms with van der Waals surface area (Å²) in [6.07, 6.45) is 2.17. The number of aromatic nitrogens is 2. The van der Waals surface area contributed by atoms with Gasteiger partial charge in [0.1, 0.15) is 6.10 Å². The van der Waals surface area contributed by atoms with Crippen LogP contribution in [0.4, 0.5) is 0 Å². The van der Waals surface area contributed by atoms with Crippen LogP contribution in [0.15, 0.2) is 42.5 Å². The van der Waals surface area contributed by atoms with Crippen LogP contribution in [0.1, 0.15) is 24.1 Å². The molecular weight excluding hydrogens is 290 g/mol. The van der Waals surface area contributed by atoms with E-state index in [4.69, 9.17) is 4.74 Å². The molecule has 2 aromatic rings. The molecule has 120 valence electrons. The van der Waals surface area contributed by atoms with Crippen LogP contribution in [-0.2, 0) is 11.2 Å². The first-order chi connectivity index (χ1) is 11.2. The molecule has 0 spiro atoms. The average molecular weight is 311 g/mol. The average Bonchev–Trinajstić information content (AvgIpc) is 3.04. The Balaban J connectivity index is 1.47. The Hall–Kier alpha value is -2.43. The molecular formula is C18H21N3O2. The Bertz CT molecular complexity index is 643. The van der Waals surface area contributed by atoms with Gasteiger partial charge in [-0.3, -0.25) is 4.79 Å². The van der Waals surface area contributed by atoms with Crippen molar-refractivity contribution in [2.75, 3.05) is 13.1 Å². The first-order valence-corrected chi connectivity index (χ1v) is 7.99. The number of nitrogens with zero attached hydrogens (tertiary/aromatic N) is 3. The molecule has 3 rings (SSSR count). The monoisotopic (exact) mass is 311 g/mol. The minimum absolute atomic E-state index is 0.00711. The van der Waals surface area contributed by atoms with E-state index in [9.17, 15) is 4.79 Å². The smallest absolute Gasteiger partial charge is 0.233 e. The van der Waals surface area contributed by atoms with Gasteiger partial charge in [-0.05, 0) is 25.0 Å². The largest absolute Gasteiger partial charge is 0.471 e. The van der Waals surface area contributed by atoms with Crippen molar-refractivity contribution in [1.29, 1.82) is 0 Å². The standard InChI is InChI=1S/C18H21N3O2/c1-14-7-9-17(20-19-14)23-16-11-12-21(13-16)18(22)10-8-15-5-3-2-4-6-15/h2-7,9,16H,8,10-13H2,1H3/t16-/m0/s1. The summed E-state index contributed by atoms with van der Waals surface area (Å²) >= 11 is 0. The molecule has 0 saturated carbocycles. The zero-order valence-corrected chi connectivity index (χ0v) is 13.3. The lowest BCUT2D eigenvalue weighted by Crippen LogP contribution is -2.31. The van der Waals surface area contributed by atoms with Crippen LogP contribution in [-0.4, -0.2) is 40.2 Å². The van der Waals surface area contributed by atoms with Crippen LogP contribution < -0.4 is 4.74 Å². The van der Waals surface area contributed by atoms with E-state index >= 15 is 0 Å². The number of benzene rings is 1. The maximum absolute atomic E-state index is 12.3. The van der Waals surface area contributed by atoms with Gasteiger partial charge < -0.3 is 9.64 Å². The van der Waals surface area contributed by atoms with Crippen LogP contribution in [0.2, 0.25) is 0 Å². The lowest BCUT2D eigenvalue weighted by Gasteiger charge is -2.17. The zero-order valence-electron chi connectivity index (χ0n) is 13.3. The second kappa shape index (κ2) is 7.22. The van der Waals surface area contributed by atoms with E-state index in [-0.39, 0.29) is 12.0 Å². The van der Waals surface area contributed by atoms with Crippen molar-refractivity contribution in [3.05, 3.63) is 53.7 Å². The second-order valence-corrected chi connectivity index (χ2v) is 5.87. The molecule has 0 radical (unpaired) electrons. The molecule has 0 N–H and O–H groups in total. The molecule has 1 amide bonds. The highest BCUT2D eigenvalue weighted by Crippen LogP contribution is 2.17. The van der Waals surface area contributed by atoms with Gasteiger partial charge in [0.25, 0.3) is 0 Å². The Kier molecular flexibility index (Phi) is 4.86. The van der Waals surface area contributed by atoms with E-state index in [0.29, 0.717) is 18.8 Å². The molecule has 1 saturated heterocycles. The summed E-state index contributed by atoms with van der Waals surface area (Å²) in [6, 6.07) is 13.8. The van der Waals surface area contributed by atoms with Crippen molar-refractivity contribution in [2.45, 2.75) is 32.3 Å².